The zero-order valence-electron chi connectivity index (χ0n) is 22.4. The number of ether oxygens (including phenoxy) is 1. The normalized spacial score (nSPS) is 16.6. The smallest absolute Gasteiger partial charge is 0.319 e. The van der Waals surface area contributed by atoms with E-state index < -0.39 is 12.7 Å². The Balaban J connectivity index is 1.44. The van der Waals surface area contributed by atoms with Crippen molar-refractivity contribution in [1.29, 1.82) is 0 Å². The van der Waals surface area contributed by atoms with E-state index in [0.717, 1.165) is 48.3 Å². The zero-order valence-corrected chi connectivity index (χ0v) is 22.4. The molecule has 3 aromatic rings. The number of nitrogens with zero attached hydrogens (tertiary/aromatic N) is 6. The second kappa shape index (κ2) is 11.9. The molecule has 2 saturated heterocycles. The number of piperidine rings is 1. The Morgan fingerprint density at radius 1 is 1.08 bits per heavy atom. The van der Waals surface area contributed by atoms with Crippen LogP contribution in [0.5, 0.6) is 0 Å². The Bertz CT molecular complexity index is 1300. The lowest BCUT2D eigenvalue weighted by atomic mass is 10.0. The molecule has 2 aliphatic heterocycles. The van der Waals surface area contributed by atoms with Crippen LogP contribution in [0.15, 0.2) is 30.5 Å². The minimum absolute atomic E-state index is 0.00965. The van der Waals surface area contributed by atoms with E-state index in [9.17, 15) is 14.0 Å². The number of urea groups is 1. The van der Waals surface area contributed by atoms with Crippen LogP contribution in [-0.4, -0.2) is 89.2 Å². The number of hydrogen-bond acceptors (Lipinski definition) is 7. The molecule has 2 aromatic heterocycles. The molecule has 39 heavy (non-hydrogen) atoms. The molecule has 2 fully saturated rings. The standard InChI is InChI=1S/C27H35FN8O3/c1-18(2)26(37)35-11-7-21(8-12-35)36-25-22(17-30-36)24(34-13-15-39-16-14-34)32-23(33-25)19-3-5-20(6-4-19)31-27(38)29-10-9-28/h3-6,17-18,21H,7-16H2,1-2H3,(H2,29,31,38). The van der Waals surface area contributed by atoms with Crippen LogP contribution in [0.4, 0.5) is 20.7 Å². The highest BCUT2D eigenvalue weighted by molar-refractivity contribution is 5.90. The first-order valence-electron chi connectivity index (χ1n) is 13.5. The SMILES string of the molecule is CC(C)C(=O)N1CCC(n2ncc3c(N4CCOCC4)nc(-c4ccc(NC(=O)NCCF)cc4)nc32)CC1. The van der Waals surface area contributed by atoms with Gasteiger partial charge in [0.15, 0.2) is 11.5 Å². The number of fused-ring (bicyclic) bond motifs is 1. The summed E-state index contributed by atoms with van der Waals surface area (Å²) in [5.41, 5.74) is 2.14. The summed E-state index contributed by atoms with van der Waals surface area (Å²) in [5, 5.41) is 10.8. The van der Waals surface area contributed by atoms with Gasteiger partial charge in [0, 0.05) is 49.9 Å². The summed E-state index contributed by atoms with van der Waals surface area (Å²) in [7, 11) is 0. The van der Waals surface area contributed by atoms with Gasteiger partial charge in [0.1, 0.15) is 12.5 Å². The van der Waals surface area contributed by atoms with Gasteiger partial charge < -0.3 is 25.2 Å². The summed E-state index contributed by atoms with van der Waals surface area (Å²) in [6.07, 6.45) is 3.47. The molecular formula is C27H35FN8O3. The first-order valence-corrected chi connectivity index (χ1v) is 13.5. The van der Waals surface area contributed by atoms with Gasteiger partial charge in [-0.25, -0.2) is 23.8 Å². The van der Waals surface area contributed by atoms with Gasteiger partial charge in [-0.15, -0.1) is 0 Å². The van der Waals surface area contributed by atoms with Crippen molar-refractivity contribution >= 4 is 34.5 Å². The zero-order chi connectivity index (χ0) is 27.4. The lowest BCUT2D eigenvalue weighted by molar-refractivity contribution is -0.135. The second-order valence-electron chi connectivity index (χ2n) is 10.2. The highest BCUT2D eigenvalue weighted by Crippen LogP contribution is 2.32. The number of benzene rings is 1. The van der Waals surface area contributed by atoms with E-state index in [1.807, 2.05) is 41.8 Å². The molecule has 4 heterocycles. The minimum atomic E-state index is -0.622. The summed E-state index contributed by atoms with van der Waals surface area (Å²) in [6, 6.07) is 6.92. The molecule has 0 saturated carbocycles. The fourth-order valence-electron chi connectivity index (χ4n) is 5.06. The quantitative estimate of drug-likeness (QED) is 0.474. The van der Waals surface area contributed by atoms with Crippen LogP contribution in [0.3, 0.4) is 0 Å². The molecule has 2 aliphatic rings. The monoisotopic (exact) mass is 538 g/mol. The van der Waals surface area contributed by atoms with Crippen molar-refractivity contribution in [2.75, 3.05) is 62.8 Å². The molecule has 1 aromatic carbocycles. The highest BCUT2D eigenvalue weighted by atomic mass is 19.1. The molecule has 0 spiro atoms. The van der Waals surface area contributed by atoms with E-state index in [0.29, 0.717) is 37.8 Å². The molecular weight excluding hydrogens is 503 g/mol. The van der Waals surface area contributed by atoms with Crippen LogP contribution >= 0.6 is 0 Å². The topological polar surface area (TPSA) is 118 Å². The number of nitrogens with one attached hydrogen (secondary N) is 2. The first-order chi connectivity index (χ1) is 18.9. The summed E-state index contributed by atoms with van der Waals surface area (Å²) in [4.78, 5) is 38.4. The van der Waals surface area contributed by atoms with Gasteiger partial charge in [0.25, 0.3) is 0 Å². The van der Waals surface area contributed by atoms with Crippen LogP contribution in [0.1, 0.15) is 32.7 Å². The lowest BCUT2D eigenvalue weighted by Gasteiger charge is -2.33. The molecule has 0 unspecified atom stereocenters. The third-order valence-electron chi connectivity index (χ3n) is 7.14. The van der Waals surface area contributed by atoms with E-state index >= 15 is 0 Å². The van der Waals surface area contributed by atoms with Gasteiger partial charge in [0.2, 0.25) is 5.91 Å². The fourth-order valence-corrected chi connectivity index (χ4v) is 5.06. The number of aromatic nitrogens is 4. The third-order valence-corrected chi connectivity index (χ3v) is 7.14. The number of likely N-dealkylation sites (tertiary alicyclic amines) is 1. The number of carbonyl (C=O) groups is 2. The number of alkyl halides is 1. The molecule has 0 radical (unpaired) electrons. The number of anilines is 2. The summed E-state index contributed by atoms with van der Waals surface area (Å²) in [5.74, 6) is 1.57. The van der Waals surface area contributed by atoms with Crippen molar-refractivity contribution in [2.24, 2.45) is 5.92 Å². The van der Waals surface area contributed by atoms with Crippen LogP contribution in [0.25, 0.3) is 22.4 Å². The number of amides is 3. The number of halogens is 1. The number of morpholine rings is 1. The number of hydrogen-bond donors (Lipinski definition) is 2. The number of carbonyl (C=O) groups excluding carboxylic acids is 2. The van der Waals surface area contributed by atoms with Crippen LogP contribution < -0.4 is 15.5 Å². The minimum Gasteiger partial charge on any atom is -0.378 e. The summed E-state index contributed by atoms with van der Waals surface area (Å²) < 4.78 is 19.9. The van der Waals surface area contributed by atoms with E-state index in [-0.39, 0.29) is 24.4 Å². The molecule has 11 nitrogen and oxygen atoms in total. The van der Waals surface area contributed by atoms with E-state index in [1.54, 1.807) is 12.1 Å². The van der Waals surface area contributed by atoms with Gasteiger partial charge in [-0.1, -0.05) is 13.8 Å². The van der Waals surface area contributed by atoms with Gasteiger partial charge in [-0.05, 0) is 37.1 Å². The molecule has 0 aliphatic carbocycles. The predicted molar refractivity (Wildman–Crippen MR) is 146 cm³/mol. The molecule has 3 amide bonds. The lowest BCUT2D eigenvalue weighted by Crippen LogP contribution is -2.41. The molecule has 208 valence electrons. The second-order valence-corrected chi connectivity index (χ2v) is 10.2. The predicted octanol–water partition coefficient (Wildman–Crippen LogP) is 3.24. The number of rotatable bonds is 7. The molecule has 12 heteroatoms. The van der Waals surface area contributed by atoms with Crippen molar-refractivity contribution in [2.45, 2.75) is 32.7 Å². The van der Waals surface area contributed by atoms with Crippen LogP contribution in [0, 0.1) is 5.92 Å². The van der Waals surface area contributed by atoms with Crippen molar-refractivity contribution < 1.29 is 18.7 Å². The average Bonchev–Trinajstić information content (AvgIpc) is 3.40. The fraction of sp³-hybridized carbons (Fsp3) is 0.519. The van der Waals surface area contributed by atoms with Gasteiger partial charge in [-0.3, -0.25) is 4.79 Å². The Morgan fingerprint density at radius 3 is 2.46 bits per heavy atom. The third kappa shape index (κ3) is 5.95. The maximum Gasteiger partial charge on any atom is 0.319 e. The van der Waals surface area contributed by atoms with Gasteiger partial charge in [-0.2, -0.15) is 5.10 Å². The summed E-state index contributed by atoms with van der Waals surface area (Å²) >= 11 is 0. The van der Waals surface area contributed by atoms with E-state index in [2.05, 4.69) is 15.5 Å². The van der Waals surface area contributed by atoms with Crippen LogP contribution in [0.2, 0.25) is 0 Å². The highest BCUT2D eigenvalue weighted by Gasteiger charge is 2.28. The van der Waals surface area contributed by atoms with E-state index in [1.165, 1.54) is 0 Å². The van der Waals surface area contributed by atoms with Crippen molar-refractivity contribution in [3.63, 3.8) is 0 Å². The molecule has 2 N–H and O–H groups in total. The van der Waals surface area contributed by atoms with Crippen molar-refractivity contribution in [3.8, 4) is 11.4 Å². The average molecular weight is 539 g/mol. The van der Waals surface area contributed by atoms with E-state index in [4.69, 9.17) is 19.8 Å². The van der Waals surface area contributed by atoms with Gasteiger partial charge in [0.05, 0.1) is 30.8 Å². The maximum atomic E-state index is 12.5. The Labute approximate surface area is 226 Å². The molecule has 0 atom stereocenters. The Morgan fingerprint density at radius 2 is 1.79 bits per heavy atom. The Kier molecular flexibility index (Phi) is 8.20. The van der Waals surface area contributed by atoms with Crippen LogP contribution in [-0.2, 0) is 9.53 Å². The molecule has 0 bridgehead atoms. The van der Waals surface area contributed by atoms with Crippen molar-refractivity contribution in [1.82, 2.24) is 30.0 Å². The first kappa shape index (κ1) is 26.8. The van der Waals surface area contributed by atoms with Gasteiger partial charge >= 0.3 is 6.03 Å². The maximum absolute atomic E-state index is 12.5. The summed E-state index contributed by atoms with van der Waals surface area (Å²) in [6.45, 7) is 7.31. The van der Waals surface area contributed by atoms with Crippen molar-refractivity contribution in [3.05, 3.63) is 30.5 Å². The largest absolute Gasteiger partial charge is 0.378 e. The Hall–Kier alpha value is -3.80. The molecule has 5 rings (SSSR count).